The van der Waals surface area contributed by atoms with Crippen LogP contribution in [0.5, 0.6) is 0 Å². The lowest BCUT2D eigenvalue weighted by Gasteiger charge is -2.19. The van der Waals surface area contributed by atoms with Gasteiger partial charge in [-0.25, -0.2) is 4.79 Å². The van der Waals surface area contributed by atoms with Crippen LogP contribution in [0.15, 0.2) is 36.8 Å². The minimum absolute atomic E-state index is 0.195. The van der Waals surface area contributed by atoms with E-state index in [1.54, 1.807) is 74.2 Å². The van der Waals surface area contributed by atoms with Gasteiger partial charge in [-0.1, -0.05) is 0 Å². The number of carbonyl (C=O) groups excluding carboxylic acids is 4. The molecule has 0 bridgehead atoms. The summed E-state index contributed by atoms with van der Waals surface area (Å²) in [6, 6.07) is 6.52. The molecular formula is C26H32N8O5. The van der Waals surface area contributed by atoms with Crippen LogP contribution in [-0.4, -0.2) is 49.7 Å². The Balaban J connectivity index is 1.65. The van der Waals surface area contributed by atoms with Crippen molar-refractivity contribution in [3.63, 3.8) is 0 Å². The third-order valence-electron chi connectivity index (χ3n) is 5.40. The molecule has 0 saturated heterocycles. The third kappa shape index (κ3) is 7.51. The lowest BCUT2D eigenvalue weighted by atomic mass is 10.2. The van der Waals surface area contributed by atoms with Crippen LogP contribution in [0.4, 0.5) is 21.9 Å². The maximum absolute atomic E-state index is 12.9. The van der Waals surface area contributed by atoms with Crippen LogP contribution in [0.3, 0.4) is 0 Å². The summed E-state index contributed by atoms with van der Waals surface area (Å²) in [5.41, 5.74) is 1.41. The summed E-state index contributed by atoms with van der Waals surface area (Å²) in [5, 5.41) is 19.4. The first-order valence-electron chi connectivity index (χ1n) is 12.0. The number of anilines is 3. The Labute approximate surface area is 225 Å². The molecule has 3 aromatic heterocycles. The van der Waals surface area contributed by atoms with Gasteiger partial charge in [0.15, 0.2) is 0 Å². The number of amides is 4. The van der Waals surface area contributed by atoms with Crippen LogP contribution in [0.1, 0.15) is 58.7 Å². The number of hydrogen-bond acceptors (Lipinski definition) is 6. The van der Waals surface area contributed by atoms with E-state index in [4.69, 9.17) is 10.00 Å². The first kappa shape index (κ1) is 28.6. The van der Waals surface area contributed by atoms with E-state index in [0.29, 0.717) is 22.8 Å². The first-order chi connectivity index (χ1) is 18.3. The predicted molar refractivity (Wildman–Crippen MR) is 145 cm³/mol. The molecule has 0 fully saturated rings. The zero-order valence-electron chi connectivity index (χ0n) is 22.7. The highest BCUT2D eigenvalue weighted by atomic mass is 16.6. The minimum Gasteiger partial charge on any atom is -0.444 e. The van der Waals surface area contributed by atoms with Crippen LogP contribution in [0, 0.1) is 11.3 Å². The zero-order valence-corrected chi connectivity index (χ0v) is 22.7. The number of rotatable bonds is 8. The Hall–Kier alpha value is -4.99. The second-order valence-corrected chi connectivity index (χ2v) is 9.87. The van der Waals surface area contributed by atoms with Crippen molar-refractivity contribution in [2.24, 2.45) is 21.1 Å². The molecule has 3 heterocycles. The minimum atomic E-state index is -0.660. The van der Waals surface area contributed by atoms with Crippen molar-refractivity contribution < 1.29 is 23.9 Å². The molecule has 0 unspecified atom stereocenters. The Bertz CT molecular complexity index is 1450. The zero-order chi connectivity index (χ0) is 28.9. The molecular weight excluding hydrogens is 504 g/mol. The van der Waals surface area contributed by atoms with Gasteiger partial charge in [0.2, 0.25) is 0 Å². The average Bonchev–Trinajstić information content (AvgIpc) is 3.48. The number of carbonyl (C=O) groups is 4. The van der Waals surface area contributed by atoms with Crippen LogP contribution in [-0.2, 0) is 25.9 Å². The smallest absolute Gasteiger partial charge is 0.412 e. The maximum atomic E-state index is 12.9. The van der Waals surface area contributed by atoms with E-state index in [-0.39, 0.29) is 30.3 Å². The Morgan fingerprint density at radius 3 is 1.59 bits per heavy atom. The first-order valence-corrected chi connectivity index (χ1v) is 12.0. The SMILES string of the molecule is Cn1cc(NC(=O)c2cc(NC(=O)c3cc(NC(=O)OC(C)(C)C)cn3C)cn2C)cc1C(=O)NCCC#N. The van der Waals surface area contributed by atoms with Gasteiger partial charge in [-0.05, 0) is 39.0 Å². The number of aromatic nitrogens is 3. The van der Waals surface area contributed by atoms with E-state index in [2.05, 4.69) is 21.3 Å². The molecule has 0 spiro atoms. The van der Waals surface area contributed by atoms with E-state index >= 15 is 0 Å². The van der Waals surface area contributed by atoms with Crippen molar-refractivity contribution in [3.8, 4) is 6.07 Å². The van der Waals surface area contributed by atoms with Gasteiger partial charge in [0.05, 0.1) is 29.6 Å². The summed E-state index contributed by atoms with van der Waals surface area (Å²) >= 11 is 0. The van der Waals surface area contributed by atoms with Crippen LogP contribution in [0.2, 0.25) is 0 Å². The van der Waals surface area contributed by atoms with Gasteiger partial charge in [0.1, 0.15) is 22.7 Å². The molecule has 3 rings (SSSR count). The van der Waals surface area contributed by atoms with Gasteiger partial charge in [-0.2, -0.15) is 5.26 Å². The molecule has 0 aliphatic rings. The van der Waals surface area contributed by atoms with E-state index in [0.717, 1.165) is 0 Å². The molecule has 13 heteroatoms. The fourth-order valence-electron chi connectivity index (χ4n) is 3.71. The molecule has 0 aliphatic heterocycles. The fourth-order valence-corrected chi connectivity index (χ4v) is 3.71. The quantitative estimate of drug-likeness (QED) is 0.323. The van der Waals surface area contributed by atoms with Crippen molar-refractivity contribution in [3.05, 3.63) is 53.9 Å². The molecule has 206 valence electrons. The normalized spacial score (nSPS) is 10.9. The second kappa shape index (κ2) is 11.6. The average molecular weight is 537 g/mol. The topological polar surface area (TPSA) is 164 Å². The van der Waals surface area contributed by atoms with Crippen molar-refractivity contribution in [2.45, 2.75) is 32.8 Å². The summed E-state index contributed by atoms with van der Waals surface area (Å²) in [7, 11) is 5.00. The molecule has 0 aromatic carbocycles. The molecule has 0 aliphatic carbocycles. The summed E-state index contributed by atoms with van der Waals surface area (Å²) in [4.78, 5) is 50.1. The molecule has 0 atom stereocenters. The number of ether oxygens (including phenoxy) is 1. The monoisotopic (exact) mass is 536 g/mol. The lowest BCUT2D eigenvalue weighted by molar-refractivity contribution is 0.0635. The van der Waals surface area contributed by atoms with Gasteiger partial charge in [0, 0.05) is 46.3 Å². The van der Waals surface area contributed by atoms with E-state index < -0.39 is 23.5 Å². The molecule has 3 aromatic rings. The highest BCUT2D eigenvalue weighted by molar-refractivity contribution is 6.07. The fraction of sp³-hybridized carbons (Fsp3) is 0.346. The van der Waals surface area contributed by atoms with Crippen molar-refractivity contribution in [1.29, 1.82) is 5.26 Å². The number of nitrogens with one attached hydrogen (secondary N) is 4. The molecule has 0 radical (unpaired) electrons. The maximum Gasteiger partial charge on any atom is 0.412 e. The molecule has 0 saturated carbocycles. The molecule has 4 N–H and O–H groups in total. The Morgan fingerprint density at radius 1 is 0.769 bits per heavy atom. The largest absolute Gasteiger partial charge is 0.444 e. The summed E-state index contributed by atoms with van der Waals surface area (Å²) in [6.07, 6.45) is 4.33. The second-order valence-electron chi connectivity index (χ2n) is 9.87. The van der Waals surface area contributed by atoms with Crippen LogP contribution >= 0.6 is 0 Å². The van der Waals surface area contributed by atoms with E-state index in [1.165, 1.54) is 18.2 Å². The van der Waals surface area contributed by atoms with Gasteiger partial charge in [-0.15, -0.1) is 0 Å². The van der Waals surface area contributed by atoms with Crippen LogP contribution < -0.4 is 21.3 Å². The standard InChI is InChI=1S/C26H32N8O5/c1-26(2,3)39-25(38)31-18-12-21(34(6)15-18)24(37)30-17-11-20(33(5)14-17)23(36)29-16-10-19(32(4)13-16)22(35)28-9-7-8-27/h10-15H,7,9H2,1-6H3,(H,28,35)(H,29,36)(H,30,37)(H,31,38). The highest BCUT2D eigenvalue weighted by Gasteiger charge is 2.20. The van der Waals surface area contributed by atoms with E-state index in [1.807, 2.05) is 6.07 Å². The number of hydrogen-bond donors (Lipinski definition) is 4. The molecule has 4 amide bonds. The number of nitrogens with zero attached hydrogens (tertiary/aromatic N) is 4. The van der Waals surface area contributed by atoms with Crippen LogP contribution in [0.25, 0.3) is 0 Å². The molecule has 13 nitrogen and oxygen atoms in total. The predicted octanol–water partition coefficient (Wildman–Crippen LogP) is 3.20. The lowest BCUT2D eigenvalue weighted by Crippen LogP contribution is -2.27. The summed E-state index contributed by atoms with van der Waals surface area (Å²) < 4.78 is 9.92. The number of aryl methyl sites for hydroxylation is 3. The van der Waals surface area contributed by atoms with Gasteiger partial charge >= 0.3 is 6.09 Å². The van der Waals surface area contributed by atoms with E-state index in [9.17, 15) is 19.2 Å². The van der Waals surface area contributed by atoms with Gasteiger partial charge < -0.3 is 34.4 Å². The van der Waals surface area contributed by atoms with Gasteiger partial charge in [0.25, 0.3) is 17.7 Å². The van der Waals surface area contributed by atoms with Crippen molar-refractivity contribution in [1.82, 2.24) is 19.0 Å². The van der Waals surface area contributed by atoms with Crippen molar-refractivity contribution in [2.75, 3.05) is 22.5 Å². The summed E-state index contributed by atoms with van der Waals surface area (Å²) in [6.45, 7) is 5.48. The third-order valence-corrected chi connectivity index (χ3v) is 5.40. The Morgan fingerprint density at radius 2 is 1.18 bits per heavy atom. The Kier molecular flexibility index (Phi) is 8.50. The van der Waals surface area contributed by atoms with Crippen molar-refractivity contribution >= 4 is 40.9 Å². The summed E-state index contributed by atoms with van der Waals surface area (Å²) in [5.74, 6) is -1.24. The molecule has 39 heavy (non-hydrogen) atoms. The highest BCUT2D eigenvalue weighted by Crippen LogP contribution is 2.20. The van der Waals surface area contributed by atoms with Gasteiger partial charge in [-0.3, -0.25) is 19.7 Å². The number of nitriles is 1.